The van der Waals surface area contributed by atoms with E-state index >= 15 is 0 Å². The van der Waals surface area contributed by atoms with Crippen molar-refractivity contribution in [1.29, 1.82) is 0 Å². The molecule has 2 heterocycles. The van der Waals surface area contributed by atoms with Gasteiger partial charge in [-0.3, -0.25) is 9.79 Å². The van der Waals surface area contributed by atoms with Gasteiger partial charge in [0, 0.05) is 26.2 Å². The number of guanidine groups is 1. The summed E-state index contributed by atoms with van der Waals surface area (Å²) < 4.78 is 0. The van der Waals surface area contributed by atoms with E-state index in [2.05, 4.69) is 25.8 Å². The molecule has 1 fully saturated rings. The summed E-state index contributed by atoms with van der Waals surface area (Å²) in [5.74, 6) is 0.786. The molecule has 1 amide bonds. The molecule has 6 nitrogen and oxygen atoms in total. The van der Waals surface area contributed by atoms with Gasteiger partial charge in [-0.2, -0.15) is 0 Å². The van der Waals surface area contributed by atoms with Crippen LogP contribution in [-0.2, 0) is 4.79 Å². The molecular formula is C14H27N5O. The fourth-order valence-electron chi connectivity index (χ4n) is 2.59. The third kappa shape index (κ3) is 5.77. The zero-order chi connectivity index (χ0) is 14.0. The van der Waals surface area contributed by atoms with Crippen LogP contribution in [0.2, 0.25) is 0 Å². The number of aliphatic imine (C=N–C) groups is 1. The largest absolute Gasteiger partial charge is 0.356 e. The fraction of sp³-hybridized carbons (Fsp3) is 0.857. The quantitative estimate of drug-likeness (QED) is 0.659. The molecular weight excluding hydrogens is 254 g/mol. The minimum absolute atomic E-state index is 0.0369. The van der Waals surface area contributed by atoms with Crippen LogP contribution in [-0.4, -0.2) is 62.6 Å². The Morgan fingerprint density at radius 1 is 1.20 bits per heavy atom. The van der Waals surface area contributed by atoms with Gasteiger partial charge in [0.05, 0.1) is 6.54 Å². The van der Waals surface area contributed by atoms with Crippen molar-refractivity contribution in [2.75, 3.05) is 45.8 Å². The average molecular weight is 281 g/mol. The van der Waals surface area contributed by atoms with Gasteiger partial charge in [0.1, 0.15) is 0 Å². The van der Waals surface area contributed by atoms with Gasteiger partial charge in [-0.25, -0.2) is 0 Å². The second kappa shape index (κ2) is 8.79. The van der Waals surface area contributed by atoms with Crippen molar-refractivity contribution < 1.29 is 4.79 Å². The molecule has 2 rings (SSSR count). The Balaban J connectivity index is 1.54. The summed E-state index contributed by atoms with van der Waals surface area (Å²) in [7, 11) is 0. The Kier molecular flexibility index (Phi) is 6.63. The van der Waals surface area contributed by atoms with Gasteiger partial charge in [-0.1, -0.05) is 12.8 Å². The van der Waals surface area contributed by atoms with E-state index in [0.717, 1.165) is 38.6 Å². The zero-order valence-electron chi connectivity index (χ0n) is 12.3. The van der Waals surface area contributed by atoms with E-state index in [1.54, 1.807) is 0 Å². The predicted octanol–water partition coefficient (Wildman–Crippen LogP) is -0.0825. The molecule has 0 unspecified atom stereocenters. The van der Waals surface area contributed by atoms with Gasteiger partial charge < -0.3 is 20.9 Å². The number of rotatable bonds is 5. The Morgan fingerprint density at radius 3 is 2.70 bits per heavy atom. The van der Waals surface area contributed by atoms with Gasteiger partial charge in [-0.05, 0) is 32.4 Å². The fourth-order valence-corrected chi connectivity index (χ4v) is 2.59. The van der Waals surface area contributed by atoms with E-state index in [-0.39, 0.29) is 5.91 Å². The number of likely N-dealkylation sites (tertiary alicyclic amines) is 1. The highest BCUT2D eigenvalue weighted by molar-refractivity contribution is 5.86. The van der Waals surface area contributed by atoms with Crippen LogP contribution in [0.4, 0.5) is 0 Å². The standard InChI is InChI=1S/C14H27N5O/c20-13(12-18-14-16-6-5-7-17-14)15-8-11-19-9-3-1-2-4-10-19/h1-12H2,(H,15,20)(H2,16,17,18). The maximum Gasteiger partial charge on any atom is 0.239 e. The van der Waals surface area contributed by atoms with E-state index < -0.39 is 0 Å². The number of nitrogens with zero attached hydrogens (tertiary/aromatic N) is 2. The third-order valence-electron chi connectivity index (χ3n) is 3.76. The Morgan fingerprint density at radius 2 is 2.00 bits per heavy atom. The summed E-state index contributed by atoms with van der Waals surface area (Å²) in [6.07, 6.45) is 6.35. The Hall–Kier alpha value is -1.30. The van der Waals surface area contributed by atoms with E-state index in [1.165, 1.54) is 38.8 Å². The highest BCUT2D eigenvalue weighted by Gasteiger charge is 2.09. The van der Waals surface area contributed by atoms with Crippen molar-refractivity contribution in [2.45, 2.75) is 32.1 Å². The third-order valence-corrected chi connectivity index (χ3v) is 3.76. The summed E-state index contributed by atoms with van der Waals surface area (Å²) in [5.41, 5.74) is 0. The number of carbonyl (C=O) groups is 1. The van der Waals surface area contributed by atoms with E-state index in [9.17, 15) is 4.79 Å². The van der Waals surface area contributed by atoms with Crippen LogP contribution in [0.1, 0.15) is 32.1 Å². The molecule has 2 aliphatic rings. The summed E-state index contributed by atoms with van der Waals surface area (Å²) in [5, 5.41) is 9.14. The molecule has 0 aliphatic carbocycles. The van der Waals surface area contributed by atoms with Crippen LogP contribution >= 0.6 is 0 Å². The van der Waals surface area contributed by atoms with Crippen LogP contribution in [0.3, 0.4) is 0 Å². The molecule has 0 aromatic rings. The highest BCUT2D eigenvalue weighted by atomic mass is 16.1. The summed E-state index contributed by atoms with van der Waals surface area (Å²) in [6, 6.07) is 0. The average Bonchev–Trinajstić information content (AvgIpc) is 2.75. The van der Waals surface area contributed by atoms with Crippen molar-refractivity contribution in [2.24, 2.45) is 4.99 Å². The minimum Gasteiger partial charge on any atom is -0.356 e. The predicted molar refractivity (Wildman–Crippen MR) is 80.8 cm³/mol. The second-order valence-corrected chi connectivity index (χ2v) is 5.47. The molecule has 0 atom stereocenters. The minimum atomic E-state index is 0.0369. The van der Waals surface area contributed by atoms with Crippen LogP contribution in [0.15, 0.2) is 4.99 Å². The summed E-state index contributed by atoms with van der Waals surface area (Å²) in [4.78, 5) is 18.4. The van der Waals surface area contributed by atoms with Crippen LogP contribution in [0, 0.1) is 0 Å². The van der Waals surface area contributed by atoms with Gasteiger partial charge in [0.2, 0.25) is 5.91 Å². The van der Waals surface area contributed by atoms with Crippen molar-refractivity contribution in [3.8, 4) is 0 Å². The summed E-state index contributed by atoms with van der Waals surface area (Å²) >= 11 is 0. The molecule has 0 aromatic heterocycles. The maximum atomic E-state index is 11.7. The molecule has 0 radical (unpaired) electrons. The lowest BCUT2D eigenvalue weighted by atomic mass is 10.2. The molecule has 20 heavy (non-hydrogen) atoms. The number of amides is 1. The molecule has 1 saturated heterocycles. The molecule has 6 heteroatoms. The van der Waals surface area contributed by atoms with Crippen molar-refractivity contribution in [3.05, 3.63) is 0 Å². The highest BCUT2D eigenvalue weighted by Crippen LogP contribution is 2.08. The molecule has 0 bridgehead atoms. The normalized spacial score (nSPS) is 20.5. The first-order valence-corrected chi connectivity index (χ1v) is 7.86. The van der Waals surface area contributed by atoms with Gasteiger partial charge in [0.25, 0.3) is 0 Å². The first-order valence-electron chi connectivity index (χ1n) is 7.86. The molecule has 0 aromatic carbocycles. The van der Waals surface area contributed by atoms with Crippen molar-refractivity contribution in [1.82, 2.24) is 20.9 Å². The van der Waals surface area contributed by atoms with Crippen LogP contribution < -0.4 is 16.0 Å². The van der Waals surface area contributed by atoms with E-state index in [4.69, 9.17) is 0 Å². The Labute approximate surface area is 121 Å². The lowest BCUT2D eigenvalue weighted by molar-refractivity contribution is -0.120. The first kappa shape index (κ1) is 15.1. The van der Waals surface area contributed by atoms with Gasteiger partial charge >= 0.3 is 0 Å². The topological polar surface area (TPSA) is 68.8 Å². The zero-order valence-corrected chi connectivity index (χ0v) is 12.3. The molecule has 0 saturated carbocycles. The van der Waals surface area contributed by atoms with Crippen LogP contribution in [0.25, 0.3) is 0 Å². The maximum absolute atomic E-state index is 11.7. The number of hydrogen-bond acceptors (Lipinski definition) is 5. The lowest BCUT2D eigenvalue weighted by Gasteiger charge is -2.20. The summed E-state index contributed by atoms with van der Waals surface area (Å²) in [6.45, 7) is 6.12. The number of carbonyl (C=O) groups excluding carboxylic acids is 1. The Bertz CT molecular complexity index is 324. The smallest absolute Gasteiger partial charge is 0.239 e. The van der Waals surface area contributed by atoms with Crippen molar-refractivity contribution >= 4 is 11.9 Å². The number of nitrogens with one attached hydrogen (secondary N) is 3. The number of hydrogen-bond donors (Lipinski definition) is 3. The molecule has 114 valence electrons. The van der Waals surface area contributed by atoms with E-state index in [0.29, 0.717) is 6.54 Å². The molecule has 3 N–H and O–H groups in total. The first-order chi connectivity index (χ1) is 9.84. The van der Waals surface area contributed by atoms with E-state index in [1.807, 2.05) is 0 Å². The molecule has 2 aliphatic heterocycles. The van der Waals surface area contributed by atoms with Crippen LogP contribution in [0.5, 0.6) is 0 Å². The second-order valence-electron chi connectivity index (χ2n) is 5.47. The van der Waals surface area contributed by atoms with Crippen molar-refractivity contribution in [3.63, 3.8) is 0 Å². The monoisotopic (exact) mass is 281 g/mol. The van der Waals surface area contributed by atoms with Gasteiger partial charge in [-0.15, -0.1) is 0 Å². The van der Waals surface area contributed by atoms with Gasteiger partial charge in [0.15, 0.2) is 5.96 Å². The molecule has 0 spiro atoms. The SMILES string of the molecule is O=C(CNC1=NCCCN1)NCCN1CCCCCC1. The lowest BCUT2D eigenvalue weighted by Crippen LogP contribution is -2.46.